The van der Waals surface area contributed by atoms with E-state index in [1.54, 1.807) is 0 Å². The topological polar surface area (TPSA) is 62.6 Å². The number of carbonyl (C=O) groups excluding carboxylic acids is 2. The zero-order chi connectivity index (χ0) is 23.1. The molecule has 2 amide bonds. The fraction of sp³-hybridized carbons (Fsp3) is 0.241. The van der Waals surface area contributed by atoms with Gasteiger partial charge in [-0.3, -0.25) is 9.59 Å². The lowest BCUT2D eigenvalue weighted by Gasteiger charge is -2.26. The van der Waals surface area contributed by atoms with Crippen LogP contribution in [-0.2, 0) is 17.8 Å². The van der Waals surface area contributed by atoms with Crippen LogP contribution < -0.4 is 5.32 Å². The predicted octanol–water partition coefficient (Wildman–Crippen LogP) is 6.04. The lowest BCUT2D eigenvalue weighted by molar-refractivity contribution is -0.122. The molecule has 1 aliphatic carbocycles. The van der Waals surface area contributed by atoms with Crippen molar-refractivity contribution in [3.63, 3.8) is 0 Å². The highest BCUT2D eigenvalue weighted by atomic mass is 16.3. The highest BCUT2D eigenvalue weighted by molar-refractivity contribution is 6.07. The maximum absolute atomic E-state index is 13.4. The molecular formula is C29H26N2O3. The highest BCUT2D eigenvalue weighted by Gasteiger charge is 2.27. The molecule has 1 fully saturated rings. The van der Waals surface area contributed by atoms with E-state index in [2.05, 4.69) is 5.32 Å². The third kappa shape index (κ3) is 3.77. The summed E-state index contributed by atoms with van der Waals surface area (Å²) >= 11 is 0. The van der Waals surface area contributed by atoms with E-state index in [1.807, 2.05) is 77.7 Å². The molecule has 5 heteroatoms. The molecule has 5 nitrogen and oxygen atoms in total. The maximum atomic E-state index is 13.4. The summed E-state index contributed by atoms with van der Waals surface area (Å²) in [4.78, 5) is 27.4. The molecule has 2 heterocycles. The van der Waals surface area contributed by atoms with Gasteiger partial charge in [-0.15, -0.1) is 0 Å². The van der Waals surface area contributed by atoms with Crippen LogP contribution in [0.25, 0.3) is 22.1 Å². The molecular weight excluding hydrogens is 424 g/mol. The molecule has 0 atom stereocenters. The first-order valence-corrected chi connectivity index (χ1v) is 12.0. The van der Waals surface area contributed by atoms with Crippen molar-refractivity contribution in [3.8, 4) is 11.3 Å². The molecule has 170 valence electrons. The van der Waals surface area contributed by atoms with Crippen LogP contribution in [0.15, 0.2) is 77.2 Å². The molecule has 1 aromatic heterocycles. The Balaban J connectivity index is 1.18. The number of carbonyl (C=O) groups is 2. The Labute approximate surface area is 198 Å². The lowest BCUT2D eigenvalue weighted by Crippen LogP contribution is -2.35. The van der Waals surface area contributed by atoms with E-state index in [9.17, 15) is 9.59 Å². The fourth-order valence-corrected chi connectivity index (χ4v) is 4.86. The van der Waals surface area contributed by atoms with Crippen molar-refractivity contribution < 1.29 is 14.0 Å². The van der Waals surface area contributed by atoms with Crippen LogP contribution in [0.3, 0.4) is 0 Å². The van der Waals surface area contributed by atoms with Gasteiger partial charge >= 0.3 is 0 Å². The van der Waals surface area contributed by atoms with E-state index < -0.39 is 0 Å². The van der Waals surface area contributed by atoms with Crippen molar-refractivity contribution in [2.75, 3.05) is 11.9 Å². The Morgan fingerprint density at radius 3 is 2.53 bits per heavy atom. The molecule has 2 aliphatic rings. The van der Waals surface area contributed by atoms with Crippen molar-refractivity contribution >= 4 is 28.3 Å². The van der Waals surface area contributed by atoms with Crippen molar-refractivity contribution in [3.05, 3.63) is 89.7 Å². The van der Waals surface area contributed by atoms with Crippen molar-refractivity contribution in [2.45, 2.75) is 32.2 Å². The maximum Gasteiger partial charge on any atom is 0.254 e. The standard InChI is InChI=1S/C29H26N2O3/c32-28(21-7-3-8-21)30-23-13-11-20(12-14-23)27-17-22-18-31(16-15-26(22)34-27)29(33)25-10-4-6-19-5-1-2-9-24(19)25/h1-2,4-6,9-14,17,21H,3,7-8,15-16,18H2,(H,30,32). The van der Waals surface area contributed by atoms with Gasteiger partial charge in [0.15, 0.2) is 0 Å². The Bertz CT molecular complexity index is 1380. The summed E-state index contributed by atoms with van der Waals surface area (Å²) in [6.45, 7) is 1.17. The average molecular weight is 451 g/mol. The summed E-state index contributed by atoms with van der Waals surface area (Å²) in [6, 6.07) is 23.7. The molecule has 0 spiro atoms. The quantitative estimate of drug-likeness (QED) is 0.412. The van der Waals surface area contributed by atoms with Gasteiger partial charge in [0, 0.05) is 47.8 Å². The van der Waals surface area contributed by atoms with Gasteiger partial charge in [0.05, 0.1) is 0 Å². The van der Waals surface area contributed by atoms with Crippen molar-refractivity contribution in [1.82, 2.24) is 4.90 Å². The van der Waals surface area contributed by atoms with Crippen LogP contribution in [0.5, 0.6) is 0 Å². The second kappa shape index (κ2) is 8.49. The van der Waals surface area contributed by atoms with E-state index in [0.717, 1.165) is 63.9 Å². The Morgan fingerprint density at radius 1 is 0.941 bits per heavy atom. The van der Waals surface area contributed by atoms with Gasteiger partial charge in [-0.25, -0.2) is 0 Å². The summed E-state index contributed by atoms with van der Waals surface area (Å²) < 4.78 is 6.16. The van der Waals surface area contributed by atoms with Crippen molar-refractivity contribution in [1.29, 1.82) is 0 Å². The first kappa shape index (κ1) is 20.7. The number of hydrogen-bond acceptors (Lipinski definition) is 3. The summed E-state index contributed by atoms with van der Waals surface area (Å²) in [5, 5.41) is 5.06. The van der Waals surface area contributed by atoms with Crippen LogP contribution in [0, 0.1) is 5.92 Å². The predicted molar refractivity (Wildman–Crippen MR) is 133 cm³/mol. The van der Waals surface area contributed by atoms with Crippen LogP contribution in [-0.4, -0.2) is 23.3 Å². The van der Waals surface area contributed by atoms with Crippen LogP contribution >= 0.6 is 0 Å². The van der Waals surface area contributed by atoms with Gasteiger partial charge in [-0.05, 0) is 60.0 Å². The molecule has 4 aromatic rings. The first-order chi connectivity index (χ1) is 16.7. The van der Waals surface area contributed by atoms with Gasteiger partial charge in [-0.1, -0.05) is 42.8 Å². The second-order valence-electron chi connectivity index (χ2n) is 9.26. The van der Waals surface area contributed by atoms with E-state index >= 15 is 0 Å². The van der Waals surface area contributed by atoms with Gasteiger partial charge in [0.25, 0.3) is 5.91 Å². The highest BCUT2D eigenvalue weighted by Crippen LogP contribution is 2.32. The Morgan fingerprint density at radius 2 is 1.74 bits per heavy atom. The minimum atomic E-state index is 0.0526. The molecule has 0 saturated heterocycles. The Kier molecular flexibility index (Phi) is 5.17. The van der Waals surface area contributed by atoms with E-state index in [-0.39, 0.29) is 17.7 Å². The molecule has 1 N–H and O–H groups in total. The van der Waals surface area contributed by atoms with Crippen LogP contribution in [0.1, 0.15) is 40.9 Å². The van der Waals surface area contributed by atoms with E-state index in [0.29, 0.717) is 19.5 Å². The zero-order valence-electron chi connectivity index (χ0n) is 18.9. The van der Waals surface area contributed by atoms with Gasteiger partial charge in [0.1, 0.15) is 11.5 Å². The molecule has 34 heavy (non-hydrogen) atoms. The molecule has 1 aliphatic heterocycles. The first-order valence-electron chi connectivity index (χ1n) is 12.0. The number of furan rings is 1. The molecule has 3 aromatic carbocycles. The smallest absolute Gasteiger partial charge is 0.254 e. The normalized spacial score (nSPS) is 15.6. The Hall–Kier alpha value is -3.86. The number of anilines is 1. The number of fused-ring (bicyclic) bond motifs is 2. The fourth-order valence-electron chi connectivity index (χ4n) is 4.86. The average Bonchev–Trinajstić information content (AvgIpc) is 3.26. The van der Waals surface area contributed by atoms with E-state index in [1.165, 1.54) is 0 Å². The molecule has 0 unspecified atom stereocenters. The summed E-state index contributed by atoms with van der Waals surface area (Å²) in [5.74, 6) is 2.07. The number of benzene rings is 3. The van der Waals surface area contributed by atoms with Gasteiger partial charge < -0.3 is 14.6 Å². The van der Waals surface area contributed by atoms with Crippen LogP contribution in [0.4, 0.5) is 5.69 Å². The summed E-state index contributed by atoms with van der Waals surface area (Å²) in [5.41, 5.74) is 3.56. The second-order valence-corrected chi connectivity index (χ2v) is 9.26. The zero-order valence-corrected chi connectivity index (χ0v) is 18.9. The van der Waals surface area contributed by atoms with Crippen molar-refractivity contribution in [2.24, 2.45) is 5.92 Å². The van der Waals surface area contributed by atoms with E-state index in [4.69, 9.17) is 4.42 Å². The SMILES string of the molecule is O=C(Nc1ccc(-c2cc3c(o2)CCN(C(=O)c2cccc4ccccc24)C3)cc1)C1CCC1. The molecule has 1 saturated carbocycles. The minimum Gasteiger partial charge on any atom is -0.461 e. The molecule has 6 rings (SSSR count). The number of nitrogens with one attached hydrogen (secondary N) is 1. The lowest BCUT2D eigenvalue weighted by atomic mass is 9.85. The molecule has 0 radical (unpaired) electrons. The number of amides is 2. The monoisotopic (exact) mass is 450 g/mol. The summed E-state index contributed by atoms with van der Waals surface area (Å²) in [7, 11) is 0. The van der Waals surface area contributed by atoms with Gasteiger partial charge in [-0.2, -0.15) is 0 Å². The number of rotatable bonds is 4. The third-order valence-electron chi connectivity index (χ3n) is 7.09. The minimum absolute atomic E-state index is 0.0526. The third-order valence-corrected chi connectivity index (χ3v) is 7.09. The summed E-state index contributed by atoms with van der Waals surface area (Å²) in [6.07, 6.45) is 3.82. The largest absolute Gasteiger partial charge is 0.461 e. The molecule has 0 bridgehead atoms. The number of hydrogen-bond donors (Lipinski definition) is 1. The number of nitrogens with zero attached hydrogens (tertiary/aromatic N) is 1. The van der Waals surface area contributed by atoms with Gasteiger partial charge in [0.2, 0.25) is 5.91 Å². The van der Waals surface area contributed by atoms with Crippen LogP contribution in [0.2, 0.25) is 0 Å².